The summed E-state index contributed by atoms with van der Waals surface area (Å²) in [5.41, 5.74) is 1.55. The molecule has 1 aliphatic carbocycles. The standard InChI is InChI=1S/C19H27N5O3/c1-12(2)19(25)26-9-14-7-8-15(27-14)24-11-22-16-17(20-10-21-18(16)24)23-13-5-3-4-6-13/h10-15H,3-9H2,1-2H3,(H,20,21,23). The minimum absolute atomic E-state index is 0.0897. The Labute approximate surface area is 158 Å². The normalized spacial score (nSPS) is 23.4. The largest absolute Gasteiger partial charge is 0.463 e. The predicted octanol–water partition coefficient (Wildman–Crippen LogP) is 3.06. The van der Waals surface area contributed by atoms with Crippen molar-refractivity contribution in [2.24, 2.45) is 5.92 Å². The first-order valence-corrected chi connectivity index (χ1v) is 9.88. The summed E-state index contributed by atoms with van der Waals surface area (Å²) in [6.07, 6.45) is 9.67. The van der Waals surface area contributed by atoms with Gasteiger partial charge in [0.2, 0.25) is 0 Å². The summed E-state index contributed by atoms with van der Waals surface area (Å²) >= 11 is 0. The number of anilines is 1. The zero-order valence-corrected chi connectivity index (χ0v) is 15.9. The summed E-state index contributed by atoms with van der Waals surface area (Å²) in [4.78, 5) is 25.0. The van der Waals surface area contributed by atoms with Crippen LogP contribution >= 0.6 is 0 Å². The van der Waals surface area contributed by atoms with Crippen LogP contribution in [0.1, 0.15) is 58.6 Å². The number of nitrogens with zero attached hydrogens (tertiary/aromatic N) is 4. The van der Waals surface area contributed by atoms with Gasteiger partial charge >= 0.3 is 5.97 Å². The van der Waals surface area contributed by atoms with E-state index < -0.39 is 0 Å². The van der Waals surface area contributed by atoms with E-state index >= 15 is 0 Å². The molecule has 0 radical (unpaired) electrons. The van der Waals surface area contributed by atoms with E-state index in [0.29, 0.717) is 12.6 Å². The highest BCUT2D eigenvalue weighted by atomic mass is 16.6. The van der Waals surface area contributed by atoms with Crippen molar-refractivity contribution in [1.82, 2.24) is 19.5 Å². The molecule has 1 saturated carbocycles. The average molecular weight is 373 g/mol. The zero-order valence-electron chi connectivity index (χ0n) is 15.9. The summed E-state index contributed by atoms with van der Waals surface area (Å²) in [5, 5.41) is 3.51. The fraction of sp³-hybridized carbons (Fsp3) is 0.684. The van der Waals surface area contributed by atoms with Gasteiger partial charge in [0.05, 0.1) is 18.3 Å². The Hall–Kier alpha value is -2.22. The van der Waals surface area contributed by atoms with Gasteiger partial charge in [-0.1, -0.05) is 26.7 Å². The second-order valence-electron chi connectivity index (χ2n) is 7.75. The minimum atomic E-state index is -0.189. The molecule has 1 N–H and O–H groups in total. The molecule has 2 aliphatic rings. The van der Waals surface area contributed by atoms with Crippen LogP contribution in [0.3, 0.4) is 0 Å². The molecule has 2 fully saturated rings. The molecule has 3 heterocycles. The molecule has 8 nitrogen and oxygen atoms in total. The van der Waals surface area contributed by atoms with Crippen LogP contribution in [0.25, 0.3) is 11.2 Å². The summed E-state index contributed by atoms with van der Waals surface area (Å²) in [7, 11) is 0. The second kappa shape index (κ2) is 7.80. The lowest BCUT2D eigenvalue weighted by atomic mass is 10.2. The van der Waals surface area contributed by atoms with E-state index in [0.717, 1.165) is 29.8 Å². The summed E-state index contributed by atoms with van der Waals surface area (Å²) in [5.74, 6) is 0.485. The maximum absolute atomic E-state index is 11.6. The van der Waals surface area contributed by atoms with E-state index in [1.54, 1.807) is 12.7 Å². The van der Waals surface area contributed by atoms with Gasteiger partial charge in [0.1, 0.15) is 19.2 Å². The lowest BCUT2D eigenvalue weighted by Crippen LogP contribution is -2.21. The van der Waals surface area contributed by atoms with Crippen LogP contribution < -0.4 is 5.32 Å². The number of nitrogens with one attached hydrogen (secondary N) is 1. The molecule has 146 valence electrons. The van der Waals surface area contributed by atoms with Crippen LogP contribution in [0.4, 0.5) is 5.82 Å². The van der Waals surface area contributed by atoms with Crippen molar-refractivity contribution >= 4 is 23.0 Å². The smallest absolute Gasteiger partial charge is 0.308 e. The molecule has 0 amide bonds. The first-order chi connectivity index (χ1) is 13.1. The van der Waals surface area contributed by atoms with Gasteiger partial charge in [0, 0.05) is 6.04 Å². The van der Waals surface area contributed by atoms with Crippen molar-refractivity contribution in [3.63, 3.8) is 0 Å². The topological polar surface area (TPSA) is 91.2 Å². The Morgan fingerprint density at radius 2 is 2.07 bits per heavy atom. The highest BCUT2D eigenvalue weighted by Gasteiger charge is 2.29. The molecule has 1 aliphatic heterocycles. The Bertz CT molecular complexity index is 800. The lowest BCUT2D eigenvalue weighted by Gasteiger charge is -2.16. The van der Waals surface area contributed by atoms with Crippen LogP contribution in [-0.4, -0.2) is 44.2 Å². The molecule has 1 saturated heterocycles. The molecular weight excluding hydrogens is 346 g/mol. The van der Waals surface area contributed by atoms with Crippen molar-refractivity contribution in [3.05, 3.63) is 12.7 Å². The number of carbonyl (C=O) groups is 1. The number of rotatable bonds is 6. The third-order valence-corrected chi connectivity index (χ3v) is 5.33. The summed E-state index contributed by atoms with van der Waals surface area (Å²) < 4.78 is 13.4. The number of aromatic nitrogens is 4. The first-order valence-electron chi connectivity index (χ1n) is 9.88. The number of esters is 1. The van der Waals surface area contributed by atoms with E-state index in [2.05, 4.69) is 20.3 Å². The summed E-state index contributed by atoms with van der Waals surface area (Å²) in [6.45, 7) is 3.95. The van der Waals surface area contributed by atoms with Crippen LogP contribution in [0, 0.1) is 5.92 Å². The number of hydrogen-bond acceptors (Lipinski definition) is 7. The van der Waals surface area contributed by atoms with Gasteiger partial charge < -0.3 is 14.8 Å². The monoisotopic (exact) mass is 373 g/mol. The SMILES string of the molecule is CC(C)C(=O)OCC1CCC(n2cnc3c(NC4CCCC4)ncnc32)O1. The van der Waals surface area contributed by atoms with Crippen LogP contribution in [0.2, 0.25) is 0 Å². The molecule has 0 bridgehead atoms. The van der Waals surface area contributed by atoms with Gasteiger partial charge in [-0.05, 0) is 25.7 Å². The molecule has 2 atom stereocenters. The lowest BCUT2D eigenvalue weighted by molar-refractivity contribution is -0.152. The highest BCUT2D eigenvalue weighted by molar-refractivity contribution is 5.82. The van der Waals surface area contributed by atoms with Crippen molar-refractivity contribution in [2.75, 3.05) is 11.9 Å². The molecule has 27 heavy (non-hydrogen) atoms. The number of imidazole rings is 1. The first kappa shape index (κ1) is 18.2. The van der Waals surface area contributed by atoms with Crippen LogP contribution in [0.5, 0.6) is 0 Å². The van der Waals surface area contributed by atoms with Gasteiger partial charge in [-0.2, -0.15) is 0 Å². The van der Waals surface area contributed by atoms with E-state index in [4.69, 9.17) is 9.47 Å². The van der Waals surface area contributed by atoms with E-state index in [1.165, 1.54) is 25.7 Å². The fourth-order valence-corrected chi connectivity index (χ4v) is 3.79. The molecule has 0 aromatic carbocycles. The van der Waals surface area contributed by atoms with Gasteiger partial charge in [0.15, 0.2) is 17.0 Å². The minimum Gasteiger partial charge on any atom is -0.463 e. The molecule has 2 aromatic heterocycles. The Morgan fingerprint density at radius 3 is 2.85 bits per heavy atom. The van der Waals surface area contributed by atoms with Crippen LogP contribution in [-0.2, 0) is 14.3 Å². The number of fused-ring (bicyclic) bond motifs is 1. The zero-order chi connectivity index (χ0) is 18.8. The Kier molecular flexibility index (Phi) is 5.24. The maximum atomic E-state index is 11.6. The molecule has 0 spiro atoms. The van der Waals surface area contributed by atoms with E-state index in [9.17, 15) is 4.79 Å². The Balaban J connectivity index is 1.44. The quantitative estimate of drug-likeness (QED) is 0.778. The predicted molar refractivity (Wildman–Crippen MR) is 100 cm³/mol. The van der Waals surface area contributed by atoms with E-state index in [1.807, 2.05) is 18.4 Å². The average Bonchev–Trinajstić information content (AvgIpc) is 3.40. The summed E-state index contributed by atoms with van der Waals surface area (Å²) in [6, 6.07) is 0.469. The fourth-order valence-electron chi connectivity index (χ4n) is 3.79. The second-order valence-corrected chi connectivity index (χ2v) is 7.75. The molecule has 4 rings (SSSR count). The van der Waals surface area contributed by atoms with Crippen molar-refractivity contribution < 1.29 is 14.3 Å². The van der Waals surface area contributed by atoms with Gasteiger partial charge in [-0.15, -0.1) is 0 Å². The molecular formula is C19H27N5O3. The third kappa shape index (κ3) is 3.90. The number of hydrogen-bond donors (Lipinski definition) is 1. The van der Waals surface area contributed by atoms with Crippen molar-refractivity contribution in [1.29, 1.82) is 0 Å². The maximum Gasteiger partial charge on any atom is 0.308 e. The van der Waals surface area contributed by atoms with Crippen molar-refractivity contribution in [3.8, 4) is 0 Å². The molecule has 2 unspecified atom stereocenters. The third-order valence-electron chi connectivity index (χ3n) is 5.33. The molecule has 2 aromatic rings. The Morgan fingerprint density at radius 1 is 1.26 bits per heavy atom. The van der Waals surface area contributed by atoms with Crippen LogP contribution in [0.15, 0.2) is 12.7 Å². The van der Waals surface area contributed by atoms with Gasteiger partial charge in [-0.3, -0.25) is 9.36 Å². The molecule has 8 heteroatoms. The number of ether oxygens (including phenoxy) is 2. The number of carbonyl (C=O) groups excluding carboxylic acids is 1. The van der Waals surface area contributed by atoms with Gasteiger partial charge in [-0.25, -0.2) is 15.0 Å². The highest BCUT2D eigenvalue weighted by Crippen LogP contribution is 2.32. The van der Waals surface area contributed by atoms with Gasteiger partial charge in [0.25, 0.3) is 0 Å². The van der Waals surface area contributed by atoms with Crippen molar-refractivity contribution in [2.45, 2.75) is 70.7 Å². The van der Waals surface area contributed by atoms with E-state index in [-0.39, 0.29) is 24.2 Å².